The number of benzene rings is 1. The van der Waals surface area contributed by atoms with Gasteiger partial charge in [0, 0.05) is 31.4 Å². The molecule has 0 radical (unpaired) electrons. The van der Waals surface area contributed by atoms with Crippen LogP contribution in [0.1, 0.15) is 25.1 Å². The van der Waals surface area contributed by atoms with E-state index in [1.165, 1.54) is 24.9 Å². The van der Waals surface area contributed by atoms with Crippen LogP contribution in [0.15, 0.2) is 54.7 Å². The van der Waals surface area contributed by atoms with Crippen molar-refractivity contribution in [3.8, 4) is 0 Å². The topological polar surface area (TPSA) is 126 Å². The van der Waals surface area contributed by atoms with Crippen molar-refractivity contribution in [3.63, 3.8) is 0 Å². The Morgan fingerprint density at radius 2 is 1.76 bits per heavy atom. The Morgan fingerprint density at radius 3 is 2.37 bits per heavy atom. The summed E-state index contributed by atoms with van der Waals surface area (Å²) in [6.07, 6.45) is -3.55. The molecule has 0 unspecified atom stereocenters. The van der Waals surface area contributed by atoms with Crippen molar-refractivity contribution in [2.45, 2.75) is 38.6 Å². The Kier molecular flexibility index (Phi) is 8.39. The molecule has 1 aromatic heterocycles. The van der Waals surface area contributed by atoms with Gasteiger partial charge in [0.15, 0.2) is 0 Å². The Hall–Kier alpha value is -4.00. The molecule has 5 amide bonds. The molecule has 13 heteroatoms. The number of amides is 5. The minimum atomic E-state index is -4.81. The van der Waals surface area contributed by atoms with Crippen LogP contribution in [-0.4, -0.2) is 87.9 Å². The second-order valence-electron chi connectivity index (χ2n) is 10.9. The van der Waals surface area contributed by atoms with Gasteiger partial charge in [-0.25, -0.2) is 4.79 Å². The summed E-state index contributed by atoms with van der Waals surface area (Å²) < 4.78 is 45.8. The summed E-state index contributed by atoms with van der Waals surface area (Å²) in [6, 6.07) is 13.0. The van der Waals surface area contributed by atoms with E-state index in [1.54, 1.807) is 18.2 Å². The number of nitrogens with zero attached hydrogens (tertiary/aromatic N) is 4. The predicted octanol–water partition coefficient (Wildman–Crippen LogP) is 2.38. The first-order valence-electron chi connectivity index (χ1n) is 13.1. The van der Waals surface area contributed by atoms with Crippen molar-refractivity contribution >= 4 is 23.8 Å². The highest BCUT2D eigenvalue weighted by molar-refractivity contribution is 6.08. The van der Waals surface area contributed by atoms with Crippen LogP contribution in [0.4, 0.5) is 18.0 Å². The molecule has 2 aromatic rings. The third-order valence-corrected chi connectivity index (χ3v) is 7.72. The summed E-state index contributed by atoms with van der Waals surface area (Å²) >= 11 is 0. The highest BCUT2D eigenvalue weighted by Crippen LogP contribution is 2.38. The number of nitrogens with two attached hydrogens (primary N) is 1. The van der Waals surface area contributed by atoms with E-state index in [0.29, 0.717) is 5.69 Å². The second kappa shape index (κ2) is 11.5. The number of carbonyl (C=O) groups excluding carboxylic acids is 4. The molecule has 2 aliphatic heterocycles. The standard InChI is InChI=1S/C28H32F3N5O5/c1-26(2,23(32)38)21(16-41-15-19-8-4-3-5-9-19)22(37)34-12-13-36-25(40)35(18-28(29,30)31)24(39)27(36,17-34)14-20-10-6-7-11-33-20/h3-11,21H,12-18H2,1-2H3,(H2,32,38)/t21-,27+/m1/s1. The van der Waals surface area contributed by atoms with E-state index in [4.69, 9.17) is 10.5 Å². The number of rotatable bonds is 10. The lowest BCUT2D eigenvalue weighted by molar-refractivity contribution is -0.159. The van der Waals surface area contributed by atoms with Crippen LogP contribution >= 0.6 is 0 Å². The van der Waals surface area contributed by atoms with Crippen LogP contribution < -0.4 is 5.73 Å². The Morgan fingerprint density at radius 1 is 1.07 bits per heavy atom. The van der Waals surface area contributed by atoms with Crippen molar-refractivity contribution in [3.05, 3.63) is 66.0 Å². The zero-order valence-corrected chi connectivity index (χ0v) is 22.8. The second-order valence-corrected chi connectivity index (χ2v) is 10.9. The molecule has 0 bridgehead atoms. The van der Waals surface area contributed by atoms with Gasteiger partial charge in [-0.3, -0.25) is 24.3 Å². The molecular formula is C28H32F3N5O5. The summed E-state index contributed by atoms with van der Waals surface area (Å²) in [4.78, 5) is 59.9. The largest absolute Gasteiger partial charge is 0.406 e. The van der Waals surface area contributed by atoms with Gasteiger partial charge in [0.25, 0.3) is 5.91 Å². The van der Waals surface area contributed by atoms with E-state index in [9.17, 15) is 32.3 Å². The minimum absolute atomic E-state index is 0.0638. The van der Waals surface area contributed by atoms with Crippen LogP contribution in [-0.2, 0) is 32.1 Å². The fourth-order valence-corrected chi connectivity index (χ4v) is 5.25. The SMILES string of the molecule is CC(C)(C(N)=O)[C@H](COCc1ccccc1)C(=O)N1CCN2C(=O)N(CC(F)(F)F)C(=O)[C@]2(Cc2ccccn2)C1. The maximum atomic E-state index is 14.0. The normalized spacial score (nSPS) is 20.3. The van der Waals surface area contributed by atoms with Gasteiger partial charge in [-0.2, -0.15) is 13.2 Å². The number of pyridine rings is 1. The van der Waals surface area contributed by atoms with E-state index >= 15 is 0 Å². The fraction of sp³-hybridized carbons (Fsp3) is 0.464. The Bertz CT molecular complexity index is 1290. The van der Waals surface area contributed by atoms with Crippen LogP contribution in [0.5, 0.6) is 0 Å². The van der Waals surface area contributed by atoms with Crippen LogP contribution in [0, 0.1) is 11.3 Å². The molecule has 41 heavy (non-hydrogen) atoms. The van der Waals surface area contributed by atoms with Gasteiger partial charge in [0.1, 0.15) is 12.1 Å². The number of ether oxygens (including phenoxy) is 1. The number of urea groups is 1. The first kappa shape index (κ1) is 30.0. The van der Waals surface area contributed by atoms with Gasteiger partial charge in [0.05, 0.1) is 31.1 Å². The van der Waals surface area contributed by atoms with Gasteiger partial charge in [-0.15, -0.1) is 0 Å². The van der Waals surface area contributed by atoms with Crippen molar-refractivity contribution in [1.29, 1.82) is 0 Å². The molecule has 0 aliphatic carbocycles. The van der Waals surface area contributed by atoms with Gasteiger partial charge < -0.3 is 20.3 Å². The molecule has 2 saturated heterocycles. The van der Waals surface area contributed by atoms with E-state index in [2.05, 4.69) is 4.98 Å². The van der Waals surface area contributed by atoms with E-state index in [-0.39, 0.29) is 44.2 Å². The van der Waals surface area contributed by atoms with Crippen molar-refractivity contribution < 1.29 is 37.1 Å². The number of aromatic nitrogens is 1. The number of carbonyl (C=O) groups is 4. The molecule has 1 aromatic carbocycles. The number of primary amides is 1. The summed E-state index contributed by atoms with van der Waals surface area (Å²) in [6.45, 7) is 0.630. The first-order valence-corrected chi connectivity index (χ1v) is 13.1. The monoisotopic (exact) mass is 575 g/mol. The predicted molar refractivity (Wildman–Crippen MR) is 140 cm³/mol. The maximum Gasteiger partial charge on any atom is 0.406 e. The van der Waals surface area contributed by atoms with Gasteiger partial charge in [-0.1, -0.05) is 50.2 Å². The maximum absolute atomic E-state index is 14.0. The van der Waals surface area contributed by atoms with Crippen molar-refractivity contribution in [2.24, 2.45) is 17.1 Å². The van der Waals surface area contributed by atoms with Crippen molar-refractivity contribution in [2.75, 3.05) is 32.8 Å². The fourth-order valence-electron chi connectivity index (χ4n) is 5.25. The summed E-state index contributed by atoms with van der Waals surface area (Å²) in [7, 11) is 0. The number of hydrogen-bond donors (Lipinski definition) is 1. The molecule has 4 rings (SSSR count). The number of halogens is 3. The van der Waals surface area contributed by atoms with Crippen LogP contribution in [0.25, 0.3) is 0 Å². The Labute approximate surface area is 235 Å². The molecule has 2 aliphatic rings. The van der Waals surface area contributed by atoms with Gasteiger partial charge in [0.2, 0.25) is 11.8 Å². The average Bonchev–Trinajstić information content (AvgIpc) is 3.11. The molecule has 2 fully saturated rings. The number of hydrogen-bond acceptors (Lipinski definition) is 6. The molecule has 2 atom stereocenters. The lowest BCUT2D eigenvalue weighted by Gasteiger charge is -2.46. The zero-order chi connectivity index (χ0) is 30.0. The summed E-state index contributed by atoms with van der Waals surface area (Å²) in [5.74, 6) is -3.43. The first-order chi connectivity index (χ1) is 19.3. The smallest absolute Gasteiger partial charge is 0.376 e. The molecule has 0 spiro atoms. The average molecular weight is 576 g/mol. The van der Waals surface area contributed by atoms with E-state index in [0.717, 1.165) is 10.5 Å². The minimum Gasteiger partial charge on any atom is -0.376 e. The molecule has 220 valence electrons. The van der Waals surface area contributed by atoms with E-state index < -0.39 is 53.3 Å². The summed E-state index contributed by atoms with van der Waals surface area (Å²) in [5.41, 5.74) is 3.69. The number of imide groups is 1. The van der Waals surface area contributed by atoms with Crippen LogP contribution in [0.2, 0.25) is 0 Å². The van der Waals surface area contributed by atoms with Gasteiger partial charge in [-0.05, 0) is 17.7 Å². The van der Waals surface area contributed by atoms with E-state index in [1.807, 2.05) is 30.3 Å². The Balaban J connectivity index is 1.64. The highest BCUT2D eigenvalue weighted by Gasteiger charge is 2.62. The molecule has 10 nitrogen and oxygen atoms in total. The molecular weight excluding hydrogens is 543 g/mol. The number of piperazine rings is 1. The lowest BCUT2D eigenvalue weighted by atomic mass is 9.77. The number of fused-ring (bicyclic) bond motifs is 1. The molecule has 0 saturated carbocycles. The van der Waals surface area contributed by atoms with Crippen LogP contribution in [0.3, 0.4) is 0 Å². The third-order valence-electron chi connectivity index (χ3n) is 7.72. The third kappa shape index (κ3) is 6.19. The molecule has 2 N–H and O–H groups in total. The zero-order valence-electron chi connectivity index (χ0n) is 22.8. The highest BCUT2D eigenvalue weighted by atomic mass is 19.4. The van der Waals surface area contributed by atoms with Gasteiger partial charge >= 0.3 is 12.2 Å². The quantitative estimate of drug-likeness (QED) is 0.434. The molecule has 3 heterocycles. The lowest BCUT2D eigenvalue weighted by Crippen LogP contribution is -2.66. The summed E-state index contributed by atoms with van der Waals surface area (Å²) in [5, 5.41) is 0. The number of alkyl halides is 3. The van der Waals surface area contributed by atoms with Crippen molar-refractivity contribution in [1.82, 2.24) is 19.7 Å².